The highest BCUT2D eigenvalue weighted by atomic mass is 16.5. The van der Waals surface area contributed by atoms with Crippen LogP contribution in [-0.4, -0.2) is 39.6 Å². The van der Waals surface area contributed by atoms with Crippen LogP contribution in [0.15, 0.2) is 0 Å². The van der Waals surface area contributed by atoms with Crippen molar-refractivity contribution in [2.75, 3.05) is 39.6 Å². The second kappa shape index (κ2) is 9.73. The van der Waals surface area contributed by atoms with Crippen LogP contribution in [0, 0.1) is 10.8 Å². The molecule has 3 nitrogen and oxygen atoms in total. The molecule has 19 heavy (non-hydrogen) atoms. The Labute approximate surface area is 120 Å². The van der Waals surface area contributed by atoms with Crippen LogP contribution in [-0.2, 0) is 14.2 Å². The molecule has 0 unspecified atom stereocenters. The Morgan fingerprint density at radius 3 is 1.00 bits per heavy atom. The summed E-state index contributed by atoms with van der Waals surface area (Å²) in [5.74, 6) is 0. The third kappa shape index (κ3) is 17.9. The molecule has 0 N–H and O–H groups in total. The maximum absolute atomic E-state index is 5.52. The molecule has 0 aromatic heterocycles. The summed E-state index contributed by atoms with van der Waals surface area (Å²) in [4.78, 5) is 0. The fourth-order valence-electron chi connectivity index (χ4n) is 1.30. The van der Waals surface area contributed by atoms with Crippen LogP contribution >= 0.6 is 0 Å². The molecule has 0 bridgehead atoms. The van der Waals surface area contributed by atoms with E-state index in [9.17, 15) is 0 Å². The molecule has 0 spiro atoms. The lowest BCUT2D eigenvalue weighted by Crippen LogP contribution is -2.14. The Balaban J connectivity index is 3.12. The zero-order valence-electron chi connectivity index (χ0n) is 13.9. The Morgan fingerprint density at radius 2 is 0.737 bits per heavy atom. The SMILES string of the molecule is CC(C)(C)CCOCCOCCOCCC(C)(C)C. The normalized spacial score (nSPS) is 12.9. The molecule has 0 aliphatic heterocycles. The summed E-state index contributed by atoms with van der Waals surface area (Å²) in [6.45, 7) is 17.6. The Hall–Kier alpha value is -0.120. The van der Waals surface area contributed by atoms with Gasteiger partial charge < -0.3 is 14.2 Å². The van der Waals surface area contributed by atoms with Crippen molar-refractivity contribution in [3.8, 4) is 0 Å². The van der Waals surface area contributed by atoms with E-state index < -0.39 is 0 Å². The maximum Gasteiger partial charge on any atom is 0.0701 e. The van der Waals surface area contributed by atoms with Gasteiger partial charge in [-0.15, -0.1) is 0 Å². The van der Waals surface area contributed by atoms with E-state index >= 15 is 0 Å². The molecule has 0 saturated heterocycles. The van der Waals surface area contributed by atoms with E-state index in [1.54, 1.807) is 0 Å². The van der Waals surface area contributed by atoms with Crippen molar-refractivity contribution in [2.24, 2.45) is 10.8 Å². The third-order valence-corrected chi connectivity index (χ3v) is 2.74. The van der Waals surface area contributed by atoms with Gasteiger partial charge in [0.2, 0.25) is 0 Å². The van der Waals surface area contributed by atoms with Crippen molar-refractivity contribution in [1.29, 1.82) is 0 Å². The summed E-state index contributed by atoms with van der Waals surface area (Å²) < 4.78 is 16.5. The van der Waals surface area contributed by atoms with Crippen LogP contribution < -0.4 is 0 Å². The molecule has 3 heteroatoms. The summed E-state index contributed by atoms with van der Waals surface area (Å²) in [7, 11) is 0. The number of ether oxygens (including phenoxy) is 3. The molecule has 0 atom stereocenters. The summed E-state index contributed by atoms with van der Waals surface area (Å²) in [5.41, 5.74) is 0.698. The highest BCUT2D eigenvalue weighted by molar-refractivity contribution is 4.60. The van der Waals surface area contributed by atoms with Crippen LogP contribution in [0.5, 0.6) is 0 Å². The standard InChI is InChI=1S/C16H34O3/c1-15(2,3)7-9-17-11-13-19-14-12-18-10-8-16(4,5)6/h7-14H2,1-6H3. The van der Waals surface area contributed by atoms with E-state index in [4.69, 9.17) is 14.2 Å². The molecule has 116 valence electrons. The van der Waals surface area contributed by atoms with Crippen LogP contribution in [0.25, 0.3) is 0 Å². The predicted octanol–water partition coefficient (Wildman–Crippen LogP) is 3.91. The minimum Gasteiger partial charge on any atom is -0.379 e. The quantitative estimate of drug-likeness (QED) is 0.565. The Morgan fingerprint density at radius 1 is 0.474 bits per heavy atom. The second-order valence-corrected chi connectivity index (χ2v) is 7.46. The average molecular weight is 274 g/mol. The van der Waals surface area contributed by atoms with Gasteiger partial charge in [-0.05, 0) is 23.7 Å². The number of hydrogen-bond donors (Lipinski definition) is 0. The molecular weight excluding hydrogens is 240 g/mol. The molecule has 0 aromatic rings. The van der Waals surface area contributed by atoms with Crippen molar-refractivity contribution >= 4 is 0 Å². The van der Waals surface area contributed by atoms with Crippen LogP contribution in [0.3, 0.4) is 0 Å². The highest BCUT2D eigenvalue weighted by Crippen LogP contribution is 2.18. The highest BCUT2D eigenvalue weighted by Gasteiger charge is 2.09. The van der Waals surface area contributed by atoms with Crippen molar-refractivity contribution in [2.45, 2.75) is 54.4 Å². The minimum absolute atomic E-state index is 0.349. The zero-order valence-corrected chi connectivity index (χ0v) is 13.9. The second-order valence-electron chi connectivity index (χ2n) is 7.46. The summed E-state index contributed by atoms with van der Waals surface area (Å²) in [6, 6.07) is 0. The van der Waals surface area contributed by atoms with Gasteiger partial charge in [-0.3, -0.25) is 0 Å². The van der Waals surface area contributed by atoms with E-state index in [1.807, 2.05) is 0 Å². The van der Waals surface area contributed by atoms with E-state index in [1.165, 1.54) is 0 Å². The molecule has 0 saturated carbocycles. The first kappa shape index (κ1) is 18.9. The van der Waals surface area contributed by atoms with Gasteiger partial charge in [-0.1, -0.05) is 41.5 Å². The van der Waals surface area contributed by atoms with E-state index in [0.29, 0.717) is 37.3 Å². The molecule has 0 aromatic carbocycles. The lowest BCUT2D eigenvalue weighted by atomic mass is 9.93. The molecule has 0 aliphatic rings. The first-order valence-electron chi connectivity index (χ1n) is 7.44. The predicted molar refractivity (Wildman–Crippen MR) is 80.6 cm³/mol. The van der Waals surface area contributed by atoms with Crippen LogP contribution in [0.4, 0.5) is 0 Å². The molecular formula is C16H34O3. The van der Waals surface area contributed by atoms with E-state index in [0.717, 1.165) is 26.1 Å². The Kier molecular flexibility index (Phi) is 9.67. The third-order valence-electron chi connectivity index (χ3n) is 2.74. The fraction of sp³-hybridized carbons (Fsp3) is 1.00. The van der Waals surface area contributed by atoms with Gasteiger partial charge in [0.1, 0.15) is 0 Å². The summed E-state index contributed by atoms with van der Waals surface area (Å²) >= 11 is 0. The fourth-order valence-corrected chi connectivity index (χ4v) is 1.30. The first-order valence-corrected chi connectivity index (χ1v) is 7.44. The molecule has 0 amide bonds. The van der Waals surface area contributed by atoms with Crippen molar-refractivity contribution < 1.29 is 14.2 Å². The van der Waals surface area contributed by atoms with E-state index in [2.05, 4.69) is 41.5 Å². The molecule has 0 fully saturated rings. The molecule has 0 aliphatic carbocycles. The lowest BCUT2D eigenvalue weighted by Gasteiger charge is -2.18. The maximum atomic E-state index is 5.52. The largest absolute Gasteiger partial charge is 0.379 e. The van der Waals surface area contributed by atoms with Crippen molar-refractivity contribution in [1.82, 2.24) is 0 Å². The van der Waals surface area contributed by atoms with Gasteiger partial charge in [0.25, 0.3) is 0 Å². The average Bonchev–Trinajstić information content (AvgIpc) is 2.22. The van der Waals surface area contributed by atoms with Gasteiger partial charge >= 0.3 is 0 Å². The van der Waals surface area contributed by atoms with Gasteiger partial charge in [0.05, 0.1) is 26.4 Å². The smallest absolute Gasteiger partial charge is 0.0701 e. The number of rotatable bonds is 10. The monoisotopic (exact) mass is 274 g/mol. The number of hydrogen-bond acceptors (Lipinski definition) is 3. The van der Waals surface area contributed by atoms with Gasteiger partial charge in [0, 0.05) is 13.2 Å². The molecule has 0 rings (SSSR count). The van der Waals surface area contributed by atoms with Crippen molar-refractivity contribution in [3.63, 3.8) is 0 Å². The molecule has 0 radical (unpaired) electrons. The summed E-state index contributed by atoms with van der Waals surface area (Å²) in [6.07, 6.45) is 2.17. The first-order chi connectivity index (χ1) is 8.71. The topological polar surface area (TPSA) is 27.7 Å². The van der Waals surface area contributed by atoms with Gasteiger partial charge in [0.15, 0.2) is 0 Å². The van der Waals surface area contributed by atoms with Crippen molar-refractivity contribution in [3.05, 3.63) is 0 Å². The van der Waals surface area contributed by atoms with Crippen LogP contribution in [0.2, 0.25) is 0 Å². The molecule has 0 heterocycles. The van der Waals surface area contributed by atoms with Gasteiger partial charge in [-0.2, -0.15) is 0 Å². The Bertz CT molecular complexity index is 179. The van der Waals surface area contributed by atoms with Crippen LogP contribution in [0.1, 0.15) is 54.4 Å². The summed E-state index contributed by atoms with van der Waals surface area (Å²) in [5, 5.41) is 0. The van der Waals surface area contributed by atoms with Gasteiger partial charge in [-0.25, -0.2) is 0 Å². The zero-order chi connectivity index (χ0) is 14.8. The van der Waals surface area contributed by atoms with E-state index in [-0.39, 0.29) is 0 Å². The minimum atomic E-state index is 0.349. The lowest BCUT2D eigenvalue weighted by molar-refractivity contribution is 0.00679.